The summed E-state index contributed by atoms with van der Waals surface area (Å²) < 4.78 is 0. The minimum atomic E-state index is 0.417. The molecular weight excluding hydrogens is 202 g/mol. The number of nitrogens with one attached hydrogen (secondary N) is 1. The second-order valence-corrected chi connectivity index (χ2v) is 3.25. The van der Waals surface area contributed by atoms with Gasteiger partial charge in [-0.1, -0.05) is 6.07 Å². The van der Waals surface area contributed by atoms with Crippen molar-refractivity contribution >= 4 is 5.95 Å². The molecule has 0 amide bonds. The average molecular weight is 215 g/mol. The van der Waals surface area contributed by atoms with Crippen LogP contribution < -0.4 is 11.1 Å². The van der Waals surface area contributed by atoms with Crippen LogP contribution >= 0.6 is 0 Å². The van der Waals surface area contributed by atoms with Gasteiger partial charge in [0.1, 0.15) is 0 Å². The minimum Gasteiger partial charge on any atom is -0.349 e. The zero-order valence-electron chi connectivity index (χ0n) is 8.80. The van der Waals surface area contributed by atoms with E-state index in [4.69, 9.17) is 5.73 Å². The van der Waals surface area contributed by atoms with Gasteiger partial charge in [0, 0.05) is 18.9 Å². The topological polar surface area (TPSA) is 76.7 Å². The molecule has 0 radical (unpaired) electrons. The summed E-state index contributed by atoms with van der Waals surface area (Å²) in [6.07, 6.45) is 3.45. The van der Waals surface area contributed by atoms with Gasteiger partial charge < -0.3 is 11.1 Å². The fraction of sp³-hybridized carbons (Fsp3) is 0.182. The number of rotatable bonds is 4. The molecule has 5 heteroatoms. The van der Waals surface area contributed by atoms with Gasteiger partial charge in [-0.15, -0.1) is 0 Å². The molecule has 3 N–H and O–H groups in total. The van der Waals surface area contributed by atoms with Crippen LogP contribution in [-0.4, -0.2) is 15.0 Å². The van der Waals surface area contributed by atoms with E-state index in [0.717, 1.165) is 11.4 Å². The van der Waals surface area contributed by atoms with Crippen molar-refractivity contribution in [3.63, 3.8) is 0 Å². The van der Waals surface area contributed by atoms with Crippen LogP contribution in [0.25, 0.3) is 0 Å². The molecule has 5 nitrogen and oxygen atoms in total. The van der Waals surface area contributed by atoms with Crippen molar-refractivity contribution in [3.05, 3.63) is 48.0 Å². The SMILES string of the molecule is NCc1ccnc(NCc2ccccn2)n1. The molecule has 0 saturated carbocycles. The fourth-order valence-corrected chi connectivity index (χ4v) is 1.27. The number of hydrogen-bond acceptors (Lipinski definition) is 5. The van der Waals surface area contributed by atoms with E-state index in [-0.39, 0.29) is 0 Å². The van der Waals surface area contributed by atoms with Crippen LogP contribution in [0, 0.1) is 0 Å². The molecule has 0 aliphatic rings. The quantitative estimate of drug-likeness (QED) is 0.793. The van der Waals surface area contributed by atoms with E-state index in [2.05, 4.69) is 20.3 Å². The third kappa shape index (κ3) is 2.74. The fourth-order valence-electron chi connectivity index (χ4n) is 1.27. The van der Waals surface area contributed by atoms with Gasteiger partial charge in [0.2, 0.25) is 5.95 Å². The first-order valence-corrected chi connectivity index (χ1v) is 5.04. The van der Waals surface area contributed by atoms with Crippen molar-refractivity contribution in [2.24, 2.45) is 5.73 Å². The van der Waals surface area contributed by atoms with Crippen LogP contribution in [-0.2, 0) is 13.1 Å². The van der Waals surface area contributed by atoms with Crippen molar-refractivity contribution in [1.29, 1.82) is 0 Å². The van der Waals surface area contributed by atoms with Gasteiger partial charge in [0.25, 0.3) is 0 Å². The number of hydrogen-bond donors (Lipinski definition) is 2. The largest absolute Gasteiger partial charge is 0.349 e. The Hall–Kier alpha value is -2.01. The highest BCUT2D eigenvalue weighted by Crippen LogP contribution is 2.02. The molecule has 0 spiro atoms. The van der Waals surface area contributed by atoms with Crippen LogP contribution in [0.1, 0.15) is 11.4 Å². The Labute approximate surface area is 93.8 Å². The molecule has 0 fully saturated rings. The summed E-state index contributed by atoms with van der Waals surface area (Å²) in [7, 11) is 0. The number of anilines is 1. The summed E-state index contributed by atoms with van der Waals surface area (Å²) >= 11 is 0. The van der Waals surface area contributed by atoms with Crippen molar-refractivity contribution < 1.29 is 0 Å². The molecule has 2 aromatic heterocycles. The lowest BCUT2D eigenvalue weighted by Gasteiger charge is -2.04. The Kier molecular flexibility index (Phi) is 3.40. The van der Waals surface area contributed by atoms with Crippen LogP contribution in [0.2, 0.25) is 0 Å². The molecule has 0 atom stereocenters. The standard InChI is InChI=1S/C11H13N5/c12-7-9-4-6-14-11(16-9)15-8-10-3-1-2-5-13-10/h1-6H,7-8,12H2,(H,14,15,16). The molecule has 0 bridgehead atoms. The maximum Gasteiger partial charge on any atom is 0.223 e. The highest BCUT2D eigenvalue weighted by molar-refractivity contribution is 5.26. The molecule has 82 valence electrons. The smallest absolute Gasteiger partial charge is 0.223 e. The van der Waals surface area contributed by atoms with E-state index >= 15 is 0 Å². The highest BCUT2D eigenvalue weighted by Gasteiger charge is 1.98. The maximum absolute atomic E-state index is 5.50. The molecule has 2 aromatic rings. The third-order valence-electron chi connectivity index (χ3n) is 2.08. The predicted molar refractivity (Wildman–Crippen MR) is 61.5 cm³/mol. The molecule has 0 aromatic carbocycles. The molecule has 2 rings (SSSR count). The van der Waals surface area contributed by atoms with E-state index in [0.29, 0.717) is 19.0 Å². The lowest BCUT2D eigenvalue weighted by molar-refractivity contribution is 0.940. The molecule has 0 aliphatic heterocycles. The van der Waals surface area contributed by atoms with Crippen molar-refractivity contribution in [1.82, 2.24) is 15.0 Å². The summed E-state index contributed by atoms with van der Waals surface area (Å²) in [5, 5.41) is 3.10. The average Bonchev–Trinajstić information content (AvgIpc) is 2.38. The van der Waals surface area contributed by atoms with Gasteiger partial charge in [-0.3, -0.25) is 4.98 Å². The van der Waals surface area contributed by atoms with Gasteiger partial charge in [-0.25, -0.2) is 9.97 Å². The number of nitrogens with two attached hydrogens (primary N) is 1. The first-order chi connectivity index (χ1) is 7.88. The normalized spacial score (nSPS) is 10.1. The van der Waals surface area contributed by atoms with Gasteiger partial charge in [-0.2, -0.15) is 0 Å². The maximum atomic E-state index is 5.50. The van der Waals surface area contributed by atoms with Gasteiger partial charge in [-0.05, 0) is 18.2 Å². The summed E-state index contributed by atoms with van der Waals surface area (Å²) in [6.45, 7) is 1.02. The lowest BCUT2D eigenvalue weighted by atomic mass is 10.3. The molecule has 0 saturated heterocycles. The number of nitrogens with zero attached hydrogens (tertiary/aromatic N) is 3. The monoisotopic (exact) mass is 215 g/mol. The number of aromatic nitrogens is 3. The lowest BCUT2D eigenvalue weighted by Crippen LogP contribution is -2.07. The van der Waals surface area contributed by atoms with Gasteiger partial charge >= 0.3 is 0 Å². The molecule has 16 heavy (non-hydrogen) atoms. The van der Waals surface area contributed by atoms with Gasteiger partial charge in [0.05, 0.1) is 17.9 Å². The van der Waals surface area contributed by atoms with E-state index in [1.54, 1.807) is 18.5 Å². The molecule has 0 aliphatic carbocycles. The Morgan fingerprint density at radius 3 is 2.75 bits per heavy atom. The van der Waals surface area contributed by atoms with E-state index in [9.17, 15) is 0 Å². The summed E-state index contributed by atoms with van der Waals surface area (Å²) in [6, 6.07) is 7.57. The van der Waals surface area contributed by atoms with Gasteiger partial charge in [0.15, 0.2) is 0 Å². The summed E-state index contributed by atoms with van der Waals surface area (Å²) in [4.78, 5) is 12.5. The Morgan fingerprint density at radius 1 is 1.06 bits per heavy atom. The van der Waals surface area contributed by atoms with Crippen LogP contribution in [0.4, 0.5) is 5.95 Å². The first kappa shape index (κ1) is 10.5. The Balaban J connectivity index is 1.99. The third-order valence-corrected chi connectivity index (χ3v) is 2.08. The van der Waals surface area contributed by atoms with E-state index < -0.39 is 0 Å². The highest BCUT2D eigenvalue weighted by atomic mass is 15.1. The molecule has 2 heterocycles. The van der Waals surface area contributed by atoms with Crippen molar-refractivity contribution in [2.45, 2.75) is 13.1 Å². The summed E-state index contributed by atoms with van der Waals surface area (Å²) in [5.74, 6) is 0.577. The van der Waals surface area contributed by atoms with Crippen LogP contribution in [0.5, 0.6) is 0 Å². The van der Waals surface area contributed by atoms with E-state index in [1.807, 2.05) is 18.2 Å². The first-order valence-electron chi connectivity index (χ1n) is 5.04. The molecular formula is C11H13N5. The Morgan fingerprint density at radius 2 is 2.00 bits per heavy atom. The van der Waals surface area contributed by atoms with Crippen molar-refractivity contribution in [3.8, 4) is 0 Å². The number of pyridine rings is 1. The predicted octanol–water partition coefficient (Wildman–Crippen LogP) is 0.942. The van der Waals surface area contributed by atoms with Crippen molar-refractivity contribution in [2.75, 3.05) is 5.32 Å². The zero-order chi connectivity index (χ0) is 11.2. The Bertz CT molecular complexity index is 443. The van der Waals surface area contributed by atoms with Crippen LogP contribution in [0.15, 0.2) is 36.7 Å². The van der Waals surface area contributed by atoms with Crippen LogP contribution in [0.3, 0.4) is 0 Å². The van der Waals surface area contributed by atoms with E-state index in [1.165, 1.54) is 0 Å². The molecule has 0 unspecified atom stereocenters. The second kappa shape index (κ2) is 5.18. The summed E-state index contributed by atoms with van der Waals surface area (Å²) in [5.41, 5.74) is 7.26. The zero-order valence-corrected chi connectivity index (χ0v) is 8.80. The second-order valence-electron chi connectivity index (χ2n) is 3.25. The minimum absolute atomic E-state index is 0.417.